The first kappa shape index (κ1) is 72.0. The minimum Gasteiger partial charge on any atom is -0.394 e. The molecule has 1 amide bonds. The molecule has 2 fully saturated rings. The molecule has 0 aromatic heterocycles. The number of amides is 1. The quantitative estimate of drug-likeness (QED) is 0.0204. The smallest absolute Gasteiger partial charge is 0.220 e. The molecule has 2 aliphatic rings. The molecule has 0 aromatic rings. The van der Waals surface area contributed by atoms with Crippen LogP contribution in [-0.4, -0.2) is 140 Å². The number of nitrogens with one attached hydrogen (secondary N) is 1. The van der Waals surface area contributed by atoms with Crippen LogP contribution in [-0.2, 0) is 23.7 Å². The highest BCUT2D eigenvalue weighted by Gasteiger charge is 2.51. The van der Waals surface area contributed by atoms with Gasteiger partial charge in [0.25, 0.3) is 0 Å². The molecule has 9 N–H and O–H groups in total. The summed E-state index contributed by atoms with van der Waals surface area (Å²) >= 11 is 0. The third-order valence-electron chi connectivity index (χ3n) is 14.5. The van der Waals surface area contributed by atoms with Crippen LogP contribution in [0.5, 0.6) is 0 Å². The number of aliphatic hydroxyl groups excluding tert-OH is 8. The Labute approximate surface area is 477 Å². The van der Waals surface area contributed by atoms with E-state index in [0.717, 1.165) is 77.0 Å². The molecule has 0 radical (unpaired) electrons. The molecule has 2 saturated heterocycles. The maximum Gasteiger partial charge on any atom is 0.220 e. The Hall–Kier alpha value is -3.09. The van der Waals surface area contributed by atoms with E-state index in [9.17, 15) is 45.6 Å². The van der Waals surface area contributed by atoms with E-state index < -0.39 is 86.8 Å². The summed E-state index contributed by atoms with van der Waals surface area (Å²) < 4.78 is 22.7. The lowest BCUT2D eigenvalue weighted by molar-refractivity contribution is -0.359. The van der Waals surface area contributed by atoms with Crippen LogP contribution >= 0.6 is 0 Å². The Morgan fingerprint density at radius 1 is 0.468 bits per heavy atom. The lowest BCUT2D eigenvalue weighted by Crippen LogP contribution is -2.65. The number of allylic oxidation sites excluding steroid dienone is 15. The number of hydrogen-bond donors (Lipinski definition) is 9. The van der Waals surface area contributed by atoms with Gasteiger partial charge in [-0.05, 0) is 83.5 Å². The third kappa shape index (κ3) is 34.8. The molecule has 14 nitrogen and oxygen atoms in total. The van der Waals surface area contributed by atoms with Crippen LogP contribution in [0.15, 0.2) is 97.2 Å². The van der Waals surface area contributed by atoms with Crippen LogP contribution in [0.25, 0.3) is 0 Å². The second kappa shape index (κ2) is 49.5. The number of hydrogen-bond acceptors (Lipinski definition) is 13. The van der Waals surface area contributed by atoms with Gasteiger partial charge in [-0.25, -0.2) is 0 Å². The van der Waals surface area contributed by atoms with Crippen molar-refractivity contribution in [1.29, 1.82) is 0 Å². The lowest BCUT2D eigenvalue weighted by atomic mass is 9.97. The molecule has 2 heterocycles. The Morgan fingerprint density at radius 2 is 0.886 bits per heavy atom. The van der Waals surface area contributed by atoms with E-state index in [1.807, 2.05) is 6.08 Å². The van der Waals surface area contributed by atoms with Crippen molar-refractivity contribution in [2.45, 2.75) is 286 Å². The molecule has 12 atom stereocenters. The van der Waals surface area contributed by atoms with Crippen molar-refractivity contribution in [3.05, 3.63) is 97.2 Å². The fourth-order valence-corrected chi connectivity index (χ4v) is 9.55. The van der Waals surface area contributed by atoms with E-state index >= 15 is 0 Å². The molecule has 0 aromatic carbocycles. The van der Waals surface area contributed by atoms with Crippen LogP contribution in [0, 0.1) is 0 Å². The molecule has 2 rings (SSSR count). The van der Waals surface area contributed by atoms with Crippen LogP contribution < -0.4 is 5.32 Å². The highest BCUT2D eigenvalue weighted by Crippen LogP contribution is 2.30. The number of ether oxygens (including phenoxy) is 4. The molecule has 0 spiro atoms. The van der Waals surface area contributed by atoms with Crippen molar-refractivity contribution in [3.8, 4) is 0 Å². The summed E-state index contributed by atoms with van der Waals surface area (Å²) in [5.41, 5.74) is 0. The summed E-state index contributed by atoms with van der Waals surface area (Å²) in [5, 5.41) is 86.8. The van der Waals surface area contributed by atoms with Crippen LogP contribution in [0.2, 0.25) is 0 Å². The van der Waals surface area contributed by atoms with Gasteiger partial charge in [-0.3, -0.25) is 4.79 Å². The second-order valence-corrected chi connectivity index (χ2v) is 21.4. The van der Waals surface area contributed by atoms with Gasteiger partial charge in [0.05, 0.1) is 32.0 Å². The van der Waals surface area contributed by atoms with Crippen molar-refractivity contribution in [2.24, 2.45) is 0 Å². The van der Waals surface area contributed by atoms with Crippen molar-refractivity contribution < 1.29 is 64.6 Å². The largest absolute Gasteiger partial charge is 0.394 e. The lowest BCUT2D eigenvalue weighted by Gasteiger charge is -2.46. The molecular weight excluding hydrogens is 1000 g/mol. The molecule has 454 valence electrons. The van der Waals surface area contributed by atoms with Gasteiger partial charge in [0.2, 0.25) is 5.91 Å². The van der Waals surface area contributed by atoms with Gasteiger partial charge in [-0.2, -0.15) is 0 Å². The molecule has 2 aliphatic heterocycles. The molecule has 79 heavy (non-hydrogen) atoms. The van der Waals surface area contributed by atoms with E-state index in [2.05, 4.69) is 104 Å². The summed E-state index contributed by atoms with van der Waals surface area (Å²) in [6.07, 6.45) is 52.0. The van der Waals surface area contributed by atoms with E-state index in [4.69, 9.17) is 18.9 Å². The average Bonchev–Trinajstić information content (AvgIpc) is 3.47. The maximum absolute atomic E-state index is 13.2. The SMILES string of the molecule is CC/C=C\C/C=C\C/C=C\C/C=C\C/C=C\C/C=C\CCCCCCCCCCCCCCCCCCC(=O)NC(COC1OC(CO)C(OC2OC(CO)C(O)C(O)C2O)C(O)C1O)C(O)/C=C/CC/C=C/CCCCCC. The standard InChI is InChI=1S/C65H111NO13/c1-3-5-7-9-11-13-15-16-17-18-19-20-21-22-23-24-25-26-27-28-29-30-31-32-33-34-35-36-37-38-39-41-43-45-47-49-57(70)66-53(54(69)48-46-44-42-40-14-12-10-8-6-4-2)52-76-64-62(75)60(73)63(56(51-68)78-64)79-65-61(74)59(72)58(71)55(50-67)77-65/h5,7,11,13-14,16-17,19-20,22-23,25-26,40,46,48,53-56,58-65,67-69,71-75H,3-4,6,8-10,12,15,18,21,24,27-39,41-45,47,49-52H2,1-2H3,(H,66,70)/b7-5-,13-11-,17-16-,20-19-,23-22-,26-25-,40-14+,48-46+. The predicted molar refractivity (Wildman–Crippen MR) is 318 cm³/mol. The zero-order valence-corrected chi connectivity index (χ0v) is 48.8. The molecule has 14 heteroatoms. The van der Waals surface area contributed by atoms with Crippen molar-refractivity contribution in [1.82, 2.24) is 5.32 Å². The van der Waals surface area contributed by atoms with Crippen molar-refractivity contribution >= 4 is 5.91 Å². The fraction of sp³-hybridized carbons (Fsp3) is 0.738. The summed E-state index contributed by atoms with van der Waals surface area (Å²) in [7, 11) is 0. The summed E-state index contributed by atoms with van der Waals surface area (Å²) in [5.74, 6) is -0.254. The van der Waals surface area contributed by atoms with Gasteiger partial charge in [0.1, 0.15) is 48.8 Å². The molecule has 0 aliphatic carbocycles. The second-order valence-electron chi connectivity index (χ2n) is 21.4. The van der Waals surface area contributed by atoms with Crippen molar-refractivity contribution in [3.63, 3.8) is 0 Å². The van der Waals surface area contributed by atoms with Crippen LogP contribution in [0.4, 0.5) is 0 Å². The summed E-state index contributed by atoms with van der Waals surface area (Å²) in [4.78, 5) is 13.2. The van der Waals surface area contributed by atoms with Crippen molar-refractivity contribution in [2.75, 3.05) is 19.8 Å². The number of unbranched alkanes of at least 4 members (excludes halogenated alkanes) is 21. The van der Waals surface area contributed by atoms with E-state index in [1.165, 1.54) is 103 Å². The highest BCUT2D eigenvalue weighted by molar-refractivity contribution is 5.76. The Balaban J connectivity index is 1.61. The summed E-state index contributed by atoms with van der Waals surface area (Å²) in [6, 6.07) is -0.934. The van der Waals surface area contributed by atoms with Gasteiger partial charge < -0.3 is 65.1 Å². The monoisotopic (exact) mass is 1110 g/mol. The van der Waals surface area contributed by atoms with Gasteiger partial charge >= 0.3 is 0 Å². The van der Waals surface area contributed by atoms with E-state index in [0.29, 0.717) is 12.8 Å². The first-order valence-electron chi connectivity index (χ1n) is 31.0. The van der Waals surface area contributed by atoms with Gasteiger partial charge in [-0.15, -0.1) is 0 Å². The van der Waals surface area contributed by atoms with E-state index in [-0.39, 0.29) is 18.9 Å². The Morgan fingerprint density at radius 3 is 1.39 bits per heavy atom. The normalized spacial score (nSPS) is 25.1. The van der Waals surface area contributed by atoms with Gasteiger partial charge in [0, 0.05) is 6.42 Å². The fourth-order valence-electron chi connectivity index (χ4n) is 9.55. The molecule has 0 saturated carbocycles. The molecule has 0 bridgehead atoms. The number of carbonyl (C=O) groups excluding carboxylic acids is 1. The van der Waals surface area contributed by atoms with E-state index in [1.54, 1.807) is 6.08 Å². The number of carbonyl (C=O) groups is 1. The number of rotatable bonds is 48. The first-order valence-corrected chi connectivity index (χ1v) is 31.0. The first-order chi connectivity index (χ1) is 38.6. The maximum atomic E-state index is 13.2. The van der Waals surface area contributed by atoms with Crippen LogP contribution in [0.3, 0.4) is 0 Å². The van der Waals surface area contributed by atoms with Gasteiger partial charge in [0.15, 0.2) is 12.6 Å². The summed E-state index contributed by atoms with van der Waals surface area (Å²) in [6.45, 7) is 2.61. The Kier molecular flexibility index (Phi) is 45.1. The third-order valence-corrected chi connectivity index (χ3v) is 14.5. The van der Waals surface area contributed by atoms with Gasteiger partial charge in [-0.1, -0.05) is 220 Å². The Bertz CT molecular complexity index is 1690. The zero-order valence-electron chi connectivity index (χ0n) is 48.8. The van der Waals surface area contributed by atoms with Crippen LogP contribution in [0.1, 0.15) is 213 Å². The number of aliphatic hydroxyl groups is 8. The molecular formula is C65H111NO13. The molecule has 12 unspecified atom stereocenters. The predicted octanol–water partition coefficient (Wildman–Crippen LogP) is 11.1. The minimum absolute atomic E-state index is 0.254. The average molecular weight is 1110 g/mol. The minimum atomic E-state index is -1.79. The topological polar surface area (TPSA) is 228 Å². The zero-order chi connectivity index (χ0) is 57.4. The highest BCUT2D eigenvalue weighted by atomic mass is 16.7.